The molecule has 8 nitrogen and oxygen atoms in total. The molecule has 1 aliphatic heterocycles. The molecule has 3 aromatic carbocycles. The molecule has 1 aliphatic carbocycles. The monoisotopic (exact) mass is 469 g/mol. The highest BCUT2D eigenvalue weighted by atomic mass is 16.5. The van der Waals surface area contributed by atoms with E-state index in [1.807, 2.05) is 0 Å². The van der Waals surface area contributed by atoms with Crippen LogP contribution in [0.2, 0.25) is 0 Å². The molecule has 35 heavy (non-hydrogen) atoms. The van der Waals surface area contributed by atoms with Crippen LogP contribution in [0.15, 0.2) is 66.7 Å². The molecule has 3 aromatic rings. The fourth-order valence-corrected chi connectivity index (χ4v) is 4.00. The van der Waals surface area contributed by atoms with Crippen molar-refractivity contribution >= 4 is 29.3 Å². The number of nitrogens with one attached hydrogen (secondary N) is 2. The molecule has 0 saturated heterocycles. The molecule has 2 aliphatic rings. The average molecular weight is 469 g/mol. The van der Waals surface area contributed by atoms with Gasteiger partial charge in [-0.25, -0.2) is 0 Å². The van der Waals surface area contributed by atoms with Gasteiger partial charge in [-0.15, -0.1) is 0 Å². The van der Waals surface area contributed by atoms with Crippen LogP contribution >= 0.6 is 0 Å². The summed E-state index contributed by atoms with van der Waals surface area (Å²) in [5, 5.41) is 5.73. The zero-order valence-corrected chi connectivity index (χ0v) is 19.0. The molecule has 8 heteroatoms. The van der Waals surface area contributed by atoms with E-state index in [1.165, 1.54) is 12.0 Å². The van der Waals surface area contributed by atoms with Gasteiger partial charge in [0.1, 0.15) is 5.75 Å². The van der Waals surface area contributed by atoms with E-state index in [9.17, 15) is 19.2 Å². The lowest BCUT2D eigenvalue weighted by Gasteiger charge is -2.16. The van der Waals surface area contributed by atoms with Gasteiger partial charge in [-0.05, 0) is 66.9 Å². The number of rotatable bonds is 7. The van der Waals surface area contributed by atoms with Gasteiger partial charge in [0.25, 0.3) is 23.6 Å². The normalized spacial score (nSPS) is 14.5. The maximum absolute atomic E-state index is 13.0. The molecule has 1 heterocycles. The third-order valence-electron chi connectivity index (χ3n) is 6.04. The van der Waals surface area contributed by atoms with E-state index in [1.54, 1.807) is 66.7 Å². The first kappa shape index (κ1) is 22.3. The van der Waals surface area contributed by atoms with Crippen LogP contribution in [0.1, 0.15) is 59.8 Å². The molecule has 0 aromatic heterocycles. The van der Waals surface area contributed by atoms with Crippen LogP contribution in [-0.2, 0) is 6.54 Å². The summed E-state index contributed by atoms with van der Waals surface area (Å²) in [7, 11) is 1.46. The Morgan fingerprint density at radius 3 is 2.17 bits per heavy atom. The Kier molecular flexibility index (Phi) is 5.78. The molecule has 0 unspecified atom stereocenters. The Morgan fingerprint density at radius 2 is 1.57 bits per heavy atom. The minimum absolute atomic E-state index is 0.0292. The molecular weight excluding hydrogens is 446 g/mol. The molecule has 5 rings (SSSR count). The highest BCUT2D eigenvalue weighted by Gasteiger charge is 2.35. The van der Waals surface area contributed by atoms with Gasteiger partial charge in [0, 0.05) is 17.3 Å². The Labute approximate surface area is 201 Å². The first-order chi connectivity index (χ1) is 16.9. The first-order valence-electron chi connectivity index (χ1n) is 11.3. The second-order valence-corrected chi connectivity index (χ2v) is 8.56. The number of hydrogen-bond donors (Lipinski definition) is 2. The highest BCUT2D eigenvalue weighted by molar-refractivity contribution is 6.21. The van der Waals surface area contributed by atoms with Gasteiger partial charge < -0.3 is 15.4 Å². The van der Waals surface area contributed by atoms with Gasteiger partial charge in [0.2, 0.25) is 0 Å². The van der Waals surface area contributed by atoms with Crippen LogP contribution in [0.5, 0.6) is 5.75 Å². The van der Waals surface area contributed by atoms with Crippen molar-refractivity contribution < 1.29 is 23.9 Å². The molecule has 1 fully saturated rings. The number of methoxy groups -OCH3 is 1. The summed E-state index contributed by atoms with van der Waals surface area (Å²) in [6.07, 6.45) is 2.02. The lowest BCUT2D eigenvalue weighted by atomic mass is 10.1. The van der Waals surface area contributed by atoms with Crippen LogP contribution in [0.3, 0.4) is 0 Å². The van der Waals surface area contributed by atoms with Crippen LogP contribution in [0, 0.1) is 0 Å². The number of hydrogen-bond acceptors (Lipinski definition) is 5. The van der Waals surface area contributed by atoms with E-state index in [0.29, 0.717) is 33.7 Å². The van der Waals surface area contributed by atoms with Crippen molar-refractivity contribution in [3.63, 3.8) is 0 Å². The summed E-state index contributed by atoms with van der Waals surface area (Å²) in [5.74, 6) is -0.917. The number of carbonyl (C=O) groups is 4. The van der Waals surface area contributed by atoms with E-state index >= 15 is 0 Å². The van der Waals surface area contributed by atoms with Crippen molar-refractivity contribution in [2.45, 2.75) is 25.4 Å². The predicted molar refractivity (Wildman–Crippen MR) is 129 cm³/mol. The van der Waals surface area contributed by atoms with Crippen LogP contribution in [-0.4, -0.2) is 41.7 Å². The summed E-state index contributed by atoms with van der Waals surface area (Å²) in [6, 6.07) is 18.5. The zero-order chi connectivity index (χ0) is 24.5. The van der Waals surface area contributed by atoms with Crippen molar-refractivity contribution in [3.8, 4) is 5.75 Å². The summed E-state index contributed by atoms with van der Waals surface area (Å²) in [5.41, 5.74) is 2.66. The number of carbonyl (C=O) groups excluding carboxylic acids is 4. The van der Waals surface area contributed by atoms with Gasteiger partial charge in [-0.3, -0.25) is 24.1 Å². The quantitative estimate of drug-likeness (QED) is 0.514. The smallest absolute Gasteiger partial charge is 0.261 e. The summed E-state index contributed by atoms with van der Waals surface area (Å²) < 4.78 is 5.35. The SMILES string of the molecule is COc1ccc(CN2C(=O)c3ccccc3C2=O)cc1C(=O)Nc1ccc(C(=O)NC2CC2)cc1. The minimum atomic E-state index is -0.416. The van der Waals surface area contributed by atoms with Gasteiger partial charge >= 0.3 is 0 Å². The molecular formula is C27H23N3O5. The predicted octanol–water partition coefficient (Wildman–Crippen LogP) is 3.64. The van der Waals surface area contributed by atoms with Crippen LogP contribution in [0.4, 0.5) is 5.69 Å². The standard InChI is InChI=1S/C27H23N3O5/c1-35-23-13-6-16(15-30-26(33)20-4-2-3-5-21(20)27(30)34)14-22(23)25(32)29-18-9-7-17(8-10-18)24(31)28-19-11-12-19/h2-10,13-14,19H,11-12,15H2,1H3,(H,28,31)(H,29,32). The maximum Gasteiger partial charge on any atom is 0.261 e. The van der Waals surface area contributed by atoms with Gasteiger partial charge in [-0.2, -0.15) is 0 Å². The van der Waals surface area contributed by atoms with Crippen molar-refractivity contribution in [1.82, 2.24) is 10.2 Å². The second kappa shape index (κ2) is 9.06. The number of anilines is 1. The Morgan fingerprint density at radius 1 is 0.914 bits per heavy atom. The average Bonchev–Trinajstić information content (AvgIpc) is 3.67. The van der Waals surface area contributed by atoms with E-state index in [2.05, 4.69) is 10.6 Å². The number of ether oxygens (including phenoxy) is 1. The largest absolute Gasteiger partial charge is 0.496 e. The highest BCUT2D eigenvalue weighted by Crippen LogP contribution is 2.27. The van der Waals surface area contributed by atoms with Crippen molar-refractivity contribution in [3.05, 3.63) is 94.5 Å². The van der Waals surface area contributed by atoms with Gasteiger partial charge in [0.15, 0.2) is 0 Å². The molecule has 0 radical (unpaired) electrons. The summed E-state index contributed by atoms with van der Waals surface area (Å²) >= 11 is 0. The van der Waals surface area contributed by atoms with E-state index in [-0.39, 0.29) is 35.9 Å². The fraction of sp³-hybridized carbons (Fsp3) is 0.185. The number of nitrogens with zero attached hydrogens (tertiary/aromatic N) is 1. The van der Waals surface area contributed by atoms with Gasteiger partial charge in [-0.1, -0.05) is 18.2 Å². The number of fused-ring (bicyclic) bond motifs is 1. The van der Waals surface area contributed by atoms with E-state index in [4.69, 9.17) is 4.74 Å². The Bertz CT molecular complexity index is 1310. The van der Waals surface area contributed by atoms with Crippen LogP contribution < -0.4 is 15.4 Å². The minimum Gasteiger partial charge on any atom is -0.496 e. The Balaban J connectivity index is 1.31. The molecule has 176 valence electrons. The maximum atomic E-state index is 13.0. The molecule has 0 bridgehead atoms. The zero-order valence-electron chi connectivity index (χ0n) is 19.0. The summed E-state index contributed by atoms with van der Waals surface area (Å²) in [6.45, 7) is 0.0292. The topological polar surface area (TPSA) is 105 Å². The molecule has 0 spiro atoms. The number of benzene rings is 3. The van der Waals surface area contributed by atoms with Crippen molar-refractivity contribution in [2.75, 3.05) is 12.4 Å². The summed E-state index contributed by atoms with van der Waals surface area (Å²) in [4.78, 5) is 51.8. The number of amides is 4. The molecule has 0 atom stereocenters. The van der Waals surface area contributed by atoms with Crippen LogP contribution in [0.25, 0.3) is 0 Å². The Hall–Kier alpha value is -4.46. The van der Waals surface area contributed by atoms with E-state index < -0.39 is 5.91 Å². The lowest BCUT2D eigenvalue weighted by molar-refractivity contribution is 0.0642. The molecule has 1 saturated carbocycles. The second-order valence-electron chi connectivity index (χ2n) is 8.56. The van der Waals surface area contributed by atoms with Crippen molar-refractivity contribution in [2.24, 2.45) is 0 Å². The number of imide groups is 1. The third-order valence-corrected chi connectivity index (χ3v) is 6.04. The third kappa shape index (κ3) is 4.50. The molecule has 2 N–H and O–H groups in total. The van der Waals surface area contributed by atoms with Crippen molar-refractivity contribution in [1.29, 1.82) is 0 Å². The molecule has 4 amide bonds. The fourth-order valence-electron chi connectivity index (χ4n) is 4.00. The van der Waals surface area contributed by atoms with E-state index in [0.717, 1.165) is 12.8 Å². The first-order valence-corrected chi connectivity index (χ1v) is 11.3. The lowest BCUT2D eigenvalue weighted by Crippen LogP contribution is -2.29. The van der Waals surface area contributed by atoms with Gasteiger partial charge in [0.05, 0.1) is 30.3 Å².